The number of carbonyl (C=O) groups is 1. The molecule has 0 unspecified atom stereocenters. The minimum absolute atomic E-state index is 0.247. The van der Waals surface area contributed by atoms with Gasteiger partial charge in [0.1, 0.15) is 4.88 Å². The van der Waals surface area contributed by atoms with Crippen molar-refractivity contribution in [3.05, 3.63) is 32.4 Å². The minimum atomic E-state index is -2.51. The summed E-state index contributed by atoms with van der Waals surface area (Å²) in [6.07, 6.45) is 2.04. The predicted octanol–water partition coefficient (Wildman–Crippen LogP) is 4.47. The summed E-state index contributed by atoms with van der Waals surface area (Å²) in [6.45, 7) is 5.47. The standard InChI is InChI=1S/C17H21F2N3OS3/c1-11-21-13(10-25-11)9-22-5-2-12(3-6-22)8-20-16(23)15-14(4-7-24-15)26-17(18)19/h4,7,10,12,17H,2-3,5-6,8-9H2,1H3,(H,20,23). The molecule has 26 heavy (non-hydrogen) atoms. The van der Waals surface area contributed by atoms with E-state index in [2.05, 4.69) is 20.6 Å². The molecule has 0 saturated carbocycles. The van der Waals surface area contributed by atoms with E-state index in [1.54, 1.807) is 22.8 Å². The molecule has 1 N–H and O–H groups in total. The van der Waals surface area contributed by atoms with E-state index >= 15 is 0 Å². The molecular formula is C17H21F2N3OS3. The monoisotopic (exact) mass is 417 g/mol. The van der Waals surface area contributed by atoms with Crippen LogP contribution in [0.2, 0.25) is 0 Å². The maximum atomic E-state index is 12.5. The molecule has 0 spiro atoms. The SMILES string of the molecule is Cc1nc(CN2CCC(CNC(=O)c3sccc3SC(F)F)CC2)cs1. The Bertz CT molecular complexity index is 726. The van der Waals surface area contributed by atoms with Crippen molar-refractivity contribution in [2.75, 3.05) is 19.6 Å². The zero-order valence-electron chi connectivity index (χ0n) is 14.4. The molecule has 0 aliphatic carbocycles. The van der Waals surface area contributed by atoms with Gasteiger partial charge in [-0.1, -0.05) is 11.8 Å². The van der Waals surface area contributed by atoms with Crippen molar-refractivity contribution in [3.63, 3.8) is 0 Å². The molecule has 1 saturated heterocycles. The van der Waals surface area contributed by atoms with Crippen LogP contribution in [-0.4, -0.2) is 41.2 Å². The summed E-state index contributed by atoms with van der Waals surface area (Å²) in [6, 6.07) is 1.58. The summed E-state index contributed by atoms with van der Waals surface area (Å²) in [5.41, 5.74) is 1.13. The third kappa shape index (κ3) is 5.48. The van der Waals surface area contributed by atoms with E-state index in [9.17, 15) is 13.6 Å². The van der Waals surface area contributed by atoms with Crippen LogP contribution >= 0.6 is 34.4 Å². The van der Waals surface area contributed by atoms with Crippen molar-refractivity contribution in [2.45, 2.75) is 37.0 Å². The summed E-state index contributed by atoms with van der Waals surface area (Å²) in [5.74, 6) is -2.33. The second kappa shape index (κ2) is 9.25. The lowest BCUT2D eigenvalue weighted by Crippen LogP contribution is -2.38. The fraction of sp³-hybridized carbons (Fsp3) is 0.529. The topological polar surface area (TPSA) is 45.2 Å². The van der Waals surface area contributed by atoms with Gasteiger partial charge < -0.3 is 5.32 Å². The Morgan fingerprint density at radius 3 is 2.85 bits per heavy atom. The van der Waals surface area contributed by atoms with Crippen molar-refractivity contribution >= 4 is 40.3 Å². The van der Waals surface area contributed by atoms with Gasteiger partial charge in [0.05, 0.1) is 10.7 Å². The summed E-state index contributed by atoms with van der Waals surface area (Å²) in [5, 5.41) is 7.80. The molecule has 4 nitrogen and oxygen atoms in total. The van der Waals surface area contributed by atoms with Crippen LogP contribution in [0, 0.1) is 12.8 Å². The molecule has 0 atom stereocenters. The summed E-state index contributed by atoms with van der Waals surface area (Å²) < 4.78 is 25.1. The van der Waals surface area contributed by atoms with Gasteiger partial charge in [-0.15, -0.1) is 22.7 Å². The lowest BCUT2D eigenvalue weighted by Gasteiger charge is -2.31. The molecule has 0 bridgehead atoms. The molecule has 1 amide bonds. The third-order valence-electron chi connectivity index (χ3n) is 4.36. The van der Waals surface area contributed by atoms with Crippen molar-refractivity contribution in [2.24, 2.45) is 5.92 Å². The number of halogens is 2. The maximum absolute atomic E-state index is 12.5. The summed E-state index contributed by atoms with van der Waals surface area (Å²) >= 11 is 3.31. The van der Waals surface area contributed by atoms with Gasteiger partial charge >= 0.3 is 0 Å². The van der Waals surface area contributed by atoms with Crippen molar-refractivity contribution in [3.8, 4) is 0 Å². The number of thioether (sulfide) groups is 1. The molecule has 2 aromatic rings. The summed E-state index contributed by atoms with van der Waals surface area (Å²) in [4.78, 5) is 19.9. The first-order valence-electron chi connectivity index (χ1n) is 8.45. The number of thiazole rings is 1. The van der Waals surface area contributed by atoms with E-state index in [1.165, 1.54) is 11.3 Å². The highest BCUT2D eigenvalue weighted by molar-refractivity contribution is 7.99. The number of nitrogens with one attached hydrogen (secondary N) is 1. The van der Waals surface area contributed by atoms with Crippen LogP contribution in [0.4, 0.5) is 8.78 Å². The van der Waals surface area contributed by atoms with Gasteiger partial charge in [0.15, 0.2) is 0 Å². The van der Waals surface area contributed by atoms with E-state index in [1.807, 2.05) is 6.92 Å². The highest BCUT2D eigenvalue weighted by Crippen LogP contribution is 2.32. The first-order chi connectivity index (χ1) is 12.5. The molecule has 1 fully saturated rings. The van der Waals surface area contributed by atoms with Gasteiger partial charge in [-0.3, -0.25) is 9.69 Å². The van der Waals surface area contributed by atoms with Gasteiger partial charge in [0.2, 0.25) is 0 Å². The zero-order chi connectivity index (χ0) is 18.5. The highest BCUT2D eigenvalue weighted by atomic mass is 32.2. The highest BCUT2D eigenvalue weighted by Gasteiger charge is 2.22. The van der Waals surface area contributed by atoms with Crippen LogP contribution in [0.3, 0.4) is 0 Å². The third-order valence-corrected chi connectivity index (χ3v) is 7.00. The number of piperidine rings is 1. The minimum Gasteiger partial charge on any atom is -0.351 e. The number of hydrogen-bond donors (Lipinski definition) is 1. The normalized spacial score (nSPS) is 16.3. The quantitative estimate of drug-likeness (QED) is 0.675. The lowest BCUT2D eigenvalue weighted by atomic mass is 9.96. The number of nitrogens with zero attached hydrogens (tertiary/aromatic N) is 2. The van der Waals surface area contributed by atoms with Crippen molar-refractivity contribution in [1.29, 1.82) is 0 Å². The number of aryl methyl sites for hydroxylation is 1. The van der Waals surface area contributed by atoms with E-state index in [0.717, 1.165) is 43.2 Å². The van der Waals surface area contributed by atoms with Gasteiger partial charge in [0, 0.05) is 23.4 Å². The van der Waals surface area contributed by atoms with Crippen LogP contribution in [-0.2, 0) is 6.54 Å². The second-order valence-electron chi connectivity index (χ2n) is 6.28. The zero-order valence-corrected chi connectivity index (χ0v) is 16.9. The Kier molecular flexibility index (Phi) is 7.02. The predicted molar refractivity (Wildman–Crippen MR) is 103 cm³/mol. The summed E-state index contributed by atoms with van der Waals surface area (Å²) in [7, 11) is 0. The Morgan fingerprint density at radius 1 is 1.42 bits per heavy atom. The van der Waals surface area contributed by atoms with E-state index in [-0.39, 0.29) is 5.91 Å². The van der Waals surface area contributed by atoms with E-state index in [4.69, 9.17) is 0 Å². The lowest BCUT2D eigenvalue weighted by molar-refractivity contribution is 0.0936. The first-order valence-corrected chi connectivity index (χ1v) is 11.1. The molecule has 142 valence electrons. The fourth-order valence-electron chi connectivity index (χ4n) is 3.03. The van der Waals surface area contributed by atoms with Crippen LogP contribution in [0.1, 0.15) is 33.2 Å². The Hall–Kier alpha value is -1.03. The van der Waals surface area contributed by atoms with Gasteiger partial charge in [-0.05, 0) is 50.2 Å². The van der Waals surface area contributed by atoms with Crippen LogP contribution in [0.15, 0.2) is 21.7 Å². The number of hydrogen-bond acceptors (Lipinski definition) is 6. The smallest absolute Gasteiger partial charge is 0.288 e. The molecular weight excluding hydrogens is 396 g/mol. The van der Waals surface area contributed by atoms with Crippen LogP contribution in [0.25, 0.3) is 0 Å². The largest absolute Gasteiger partial charge is 0.351 e. The molecule has 1 aliphatic rings. The van der Waals surface area contributed by atoms with E-state index < -0.39 is 5.76 Å². The fourth-order valence-corrected chi connectivity index (χ4v) is 5.25. The Balaban J connectivity index is 1.42. The van der Waals surface area contributed by atoms with Crippen molar-refractivity contribution < 1.29 is 13.6 Å². The van der Waals surface area contributed by atoms with Gasteiger partial charge in [0.25, 0.3) is 11.7 Å². The molecule has 2 aromatic heterocycles. The number of aromatic nitrogens is 1. The number of carbonyl (C=O) groups excluding carboxylic acids is 1. The van der Waals surface area contributed by atoms with Crippen LogP contribution < -0.4 is 5.32 Å². The Morgan fingerprint density at radius 2 is 2.19 bits per heavy atom. The molecule has 3 heterocycles. The van der Waals surface area contributed by atoms with Gasteiger partial charge in [-0.25, -0.2) is 4.98 Å². The number of likely N-dealkylation sites (tertiary alicyclic amines) is 1. The maximum Gasteiger partial charge on any atom is 0.288 e. The number of rotatable bonds is 7. The average molecular weight is 418 g/mol. The molecule has 0 radical (unpaired) electrons. The first kappa shape index (κ1) is 19.7. The molecule has 1 aliphatic heterocycles. The van der Waals surface area contributed by atoms with Crippen molar-refractivity contribution in [1.82, 2.24) is 15.2 Å². The number of alkyl halides is 2. The second-order valence-corrected chi connectivity index (χ2v) is 9.29. The molecule has 3 rings (SSSR count). The van der Waals surface area contributed by atoms with Crippen LogP contribution in [0.5, 0.6) is 0 Å². The van der Waals surface area contributed by atoms with E-state index in [0.29, 0.717) is 34.0 Å². The average Bonchev–Trinajstić information content (AvgIpc) is 3.22. The molecule has 9 heteroatoms. The number of thiophene rings is 1. The molecule has 0 aromatic carbocycles. The van der Waals surface area contributed by atoms with Gasteiger partial charge in [-0.2, -0.15) is 8.78 Å². The Labute approximate surface area is 164 Å². The number of amides is 1.